The average Bonchev–Trinajstić information content (AvgIpc) is 3.11. The number of nitrogens with zero attached hydrogens (tertiary/aromatic N) is 2. The minimum absolute atomic E-state index is 0.110. The van der Waals surface area contributed by atoms with Crippen molar-refractivity contribution in [3.05, 3.63) is 35.6 Å². The number of cyclic esters (lactones) is 1. The molecule has 2 saturated heterocycles. The maximum Gasteiger partial charge on any atom is 0.414 e. The number of hydrogen-bond acceptors (Lipinski definition) is 9. The minimum Gasteiger partial charge on any atom is -0.494 e. The smallest absolute Gasteiger partial charge is 0.414 e. The number of benzene rings is 1. The van der Waals surface area contributed by atoms with Gasteiger partial charge in [0.2, 0.25) is 11.8 Å². The minimum atomic E-state index is -1.07. The van der Waals surface area contributed by atoms with Gasteiger partial charge in [-0.2, -0.15) is 0 Å². The zero-order valence-electron chi connectivity index (χ0n) is 19.1. The normalized spacial score (nSPS) is 24.3. The molecule has 12 nitrogen and oxygen atoms in total. The highest BCUT2D eigenvalue weighted by molar-refractivity contribution is 6.00. The van der Waals surface area contributed by atoms with Gasteiger partial charge in [0, 0.05) is 26.1 Å². The van der Waals surface area contributed by atoms with Crippen LogP contribution in [0.4, 0.5) is 20.6 Å². The molecular formula is C23H23FN4O8. The molecule has 3 fully saturated rings. The van der Waals surface area contributed by atoms with E-state index < -0.39 is 47.6 Å². The number of esters is 2. The number of aromatic nitrogens is 1. The largest absolute Gasteiger partial charge is 0.494 e. The van der Waals surface area contributed by atoms with Crippen molar-refractivity contribution in [2.75, 3.05) is 36.0 Å². The van der Waals surface area contributed by atoms with Crippen molar-refractivity contribution < 1.29 is 43.3 Å². The number of rotatable bonds is 6. The summed E-state index contributed by atoms with van der Waals surface area (Å²) in [5.41, 5.74) is 0.304. The van der Waals surface area contributed by atoms with Crippen molar-refractivity contribution in [1.82, 2.24) is 10.3 Å². The van der Waals surface area contributed by atoms with Crippen molar-refractivity contribution >= 4 is 35.3 Å². The van der Waals surface area contributed by atoms with Crippen molar-refractivity contribution in [3.63, 3.8) is 0 Å². The summed E-state index contributed by atoms with van der Waals surface area (Å²) < 4.78 is 25.0. The van der Waals surface area contributed by atoms with Crippen LogP contribution >= 0.6 is 0 Å². The Morgan fingerprint density at radius 1 is 1.19 bits per heavy atom. The van der Waals surface area contributed by atoms with Crippen LogP contribution in [0.2, 0.25) is 0 Å². The van der Waals surface area contributed by atoms with E-state index >= 15 is 0 Å². The van der Waals surface area contributed by atoms with E-state index in [0.717, 1.165) is 6.07 Å². The lowest BCUT2D eigenvalue weighted by Gasteiger charge is -2.23. The number of hydrogen-bond donors (Lipinski definition) is 4. The molecule has 4 N–H and O–H groups in total. The van der Waals surface area contributed by atoms with Gasteiger partial charge in [0.1, 0.15) is 17.5 Å². The summed E-state index contributed by atoms with van der Waals surface area (Å²) in [4.78, 5) is 52.9. The van der Waals surface area contributed by atoms with E-state index in [4.69, 9.17) is 9.47 Å². The van der Waals surface area contributed by atoms with E-state index in [1.54, 1.807) is 17.0 Å². The molecule has 2 aliphatic heterocycles. The standard InChI is InChI=1S/C23H23FN4O8/c1-10(29)25-6-12-7-28(23(34)35-12)11-2-3-17(16(24)4-11)27-8-14-15(9-27)19(14)22(33)36-21(32)13-5-18(30)26-20(13)31/h2-5,12,14-15,19,26,30-31H,6-9H2,1H3,(H,25,29)/t12-,14-,15+,19?/m0/s1. The summed E-state index contributed by atoms with van der Waals surface area (Å²) in [6.07, 6.45) is -1.16. The fourth-order valence-corrected chi connectivity index (χ4v) is 4.89. The van der Waals surface area contributed by atoms with E-state index in [1.807, 2.05) is 0 Å². The topological polar surface area (TPSA) is 162 Å². The molecule has 2 aromatic rings. The Labute approximate surface area is 203 Å². The maximum atomic E-state index is 15.0. The van der Waals surface area contributed by atoms with Gasteiger partial charge in [-0.15, -0.1) is 0 Å². The number of amides is 2. The van der Waals surface area contributed by atoms with E-state index in [-0.39, 0.29) is 36.4 Å². The predicted octanol–water partition coefficient (Wildman–Crippen LogP) is 1.09. The van der Waals surface area contributed by atoms with Crippen molar-refractivity contribution in [3.8, 4) is 11.8 Å². The van der Waals surface area contributed by atoms with E-state index in [1.165, 1.54) is 17.9 Å². The number of nitrogens with one attached hydrogen (secondary N) is 2. The summed E-state index contributed by atoms with van der Waals surface area (Å²) in [6, 6.07) is 5.36. The molecule has 2 amide bonds. The first kappa shape index (κ1) is 23.5. The third-order valence-corrected chi connectivity index (χ3v) is 6.70. The molecule has 4 atom stereocenters. The Morgan fingerprint density at radius 3 is 2.53 bits per heavy atom. The summed E-state index contributed by atoms with van der Waals surface area (Å²) in [7, 11) is 0. The molecule has 13 heteroatoms. The number of aromatic amines is 1. The molecule has 0 bridgehead atoms. The summed E-state index contributed by atoms with van der Waals surface area (Å²) in [5.74, 6) is -4.36. The van der Waals surface area contributed by atoms with Crippen molar-refractivity contribution in [1.29, 1.82) is 0 Å². The van der Waals surface area contributed by atoms with Crippen LogP contribution in [0.3, 0.4) is 0 Å². The molecular weight excluding hydrogens is 479 g/mol. The van der Waals surface area contributed by atoms with Crippen LogP contribution in [0.5, 0.6) is 11.8 Å². The first-order valence-corrected chi connectivity index (χ1v) is 11.3. The van der Waals surface area contributed by atoms with Crippen LogP contribution in [0, 0.1) is 23.6 Å². The maximum absolute atomic E-state index is 15.0. The van der Waals surface area contributed by atoms with Gasteiger partial charge in [-0.05, 0) is 30.0 Å². The molecule has 36 heavy (non-hydrogen) atoms. The first-order valence-electron chi connectivity index (χ1n) is 11.3. The van der Waals surface area contributed by atoms with Crippen LogP contribution in [0.15, 0.2) is 24.3 Å². The van der Waals surface area contributed by atoms with Gasteiger partial charge < -0.3 is 29.9 Å². The summed E-state index contributed by atoms with van der Waals surface area (Å²) in [5, 5.41) is 21.4. The van der Waals surface area contributed by atoms with Gasteiger partial charge in [-0.1, -0.05) is 0 Å². The fraction of sp³-hybridized carbons (Fsp3) is 0.391. The number of halogens is 1. The summed E-state index contributed by atoms with van der Waals surface area (Å²) >= 11 is 0. The average molecular weight is 502 g/mol. The highest BCUT2D eigenvalue weighted by atomic mass is 19.1. The molecule has 5 rings (SSSR count). The zero-order chi connectivity index (χ0) is 25.7. The molecule has 1 aromatic heterocycles. The zero-order valence-corrected chi connectivity index (χ0v) is 19.1. The molecule has 3 heterocycles. The lowest BCUT2D eigenvalue weighted by atomic mass is 10.2. The van der Waals surface area contributed by atoms with Gasteiger partial charge in [-0.3, -0.25) is 19.5 Å². The van der Waals surface area contributed by atoms with Crippen LogP contribution in [-0.2, 0) is 19.1 Å². The molecule has 0 radical (unpaired) electrons. The lowest BCUT2D eigenvalue weighted by molar-refractivity contribution is -0.140. The number of aromatic hydroxyl groups is 2. The molecule has 1 aliphatic carbocycles. The molecule has 1 saturated carbocycles. The fourth-order valence-electron chi connectivity index (χ4n) is 4.89. The number of fused-ring (bicyclic) bond motifs is 1. The van der Waals surface area contributed by atoms with Gasteiger partial charge >= 0.3 is 18.0 Å². The third kappa shape index (κ3) is 4.27. The van der Waals surface area contributed by atoms with Crippen LogP contribution in [0.1, 0.15) is 17.3 Å². The van der Waals surface area contributed by atoms with Crippen molar-refractivity contribution in [2.24, 2.45) is 17.8 Å². The van der Waals surface area contributed by atoms with E-state index in [0.29, 0.717) is 24.5 Å². The van der Waals surface area contributed by atoms with Crippen LogP contribution < -0.4 is 15.1 Å². The lowest BCUT2D eigenvalue weighted by Crippen LogP contribution is -2.33. The molecule has 190 valence electrons. The highest BCUT2D eigenvalue weighted by Gasteiger charge is 2.61. The van der Waals surface area contributed by atoms with Gasteiger partial charge in [-0.25, -0.2) is 14.0 Å². The molecule has 0 spiro atoms. The number of anilines is 2. The number of H-pyrrole nitrogens is 1. The Bertz CT molecular complexity index is 1250. The Kier molecular flexibility index (Phi) is 5.69. The van der Waals surface area contributed by atoms with Gasteiger partial charge in [0.15, 0.2) is 5.88 Å². The van der Waals surface area contributed by atoms with Crippen LogP contribution in [0.25, 0.3) is 0 Å². The second kappa shape index (κ2) is 8.73. The molecule has 1 aromatic carbocycles. The second-order valence-corrected chi connectivity index (χ2v) is 9.07. The van der Waals surface area contributed by atoms with Gasteiger partial charge in [0.25, 0.3) is 0 Å². The quantitative estimate of drug-likeness (QED) is 0.335. The van der Waals surface area contributed by atoms with Crippen LogP contribution in [-0.4, -0.2) is 71.4 Å². The number of carbonyl (C=O) groups is 4. The Hall–Kier alpha value is -4.29. The number of piperidine rings is 1. The van der Waals surface area contributed by atoms with E-state index in [2.05, 4.69) is 10.3 Å². The Morgan fingerprint density at radius 2 is 1.92 bits per heavy atom. The van der Waals surface area contributed by atoms with Crippen molar-refractivity contribution in [2.45, 2.75) is 13.0 Å². The SMILES string of the molecule is CC(=O)NC[C@H]1CN(c2ccc(N3C[C@@H]4C(C(=O)OC(=O)c5cc(O)[nH]c5O)[C@@H]4C3)c(F)c2)C(=O)O1. The predicted molar refractivity (Wildman–Crippen MR) is 120 cm³/mol. The first-order chi connectivity index (χ1) is 17.1. The third-order valence-electron chi connectivity index (χ3n) is 6.70. The monoisotopic (exact) mass is 502 g/mol. The molecule has 1 unspecified atom stereocenters. The summed E-state index contributed by atoms with van der Waals surface area (Å²) in [6.45, 7) is 2.47. The number of ether oxygens (including phenoxy) is 2. The number of carbonyl (C=O) groups excluding carboxylic acids is 4. The highest BCUT2D eigenvalue weighted by Crippen LogP contribution is 2.53. The van der Waals surface area contributed by atoms with E-state index in [9.17, 15) is 33.8 Å². The Balaban J connectivity index is 1.17. The van der Waals surface area contributed by atoms with Gasteiger partial charge in [0.05, 0.1) is 30.4 Å². The second-order valence-electron chi connectivity index (χ2n) is 9.07. The molecule has 3 aliphatic rings.